The number of hydrogen-bond donors (Lipinski definition) is 1. The number of benzene rings is 1. The SMILES string of the molecule is CSCC(C)N(C)CC(=O)Nc1ccc(C#N)cc1. The molecule has 19 heavy (non-hydrogen) atoms. The fraction of sp³-hybridized carbons (Fsp3) is 0.429. The Morgan fingerprint density at radius 1 is 1.47 bits per heavy atom. The molecule has 0 spiro atoms. The van der Waals surface area contributed by atoms with E-state index in [0.29, 0.717) is 18.2 Å². The molecule has 0 saturated carbocycles. The van der Waals surface area contributed by atoms with Gasteiger partial charge in [0.1, 0.15) is 0 Å². The van der Waals surface area contributed by atoms with Crippen molar-refractivity contribution in [1.29, 1.82) is 5.26 Å². The van der Waals surface area contributed by atoms with Crippen molar-refractivity contribution in [1.82, 2.24) is 4.90 Å². The van der Waals surface area contributed by atoms with Gasteiger partial charge in [0, 0.05) is 17.5 Å². The number of nitrogens with zero attached hydrogens (tertiary/aromatic N) is 2. The van der Waals surface area contributed by atoms with Crippen LogP contribution in [0.3, 0.4) is 0 Å². The van der Waals surface area contributed by atoms with Gasteiger partial charge in [0.2, 0.25) is 5.91 Å². The summed E-state index contributed by atoms with van der Waals surface area (Å²) < 4.78 is 0. The van der Waals surface area contributed by atoms with Crippen LogP contribution in [0, 0.1) is 11.3 Å². The molecular weight excluding hydrogens is 258 g/mol. The second-order valence-corrected chi connectivity index (χ2v) is 5.37. The van der Waals surface area contributed by atoms with Crippen LogP contribution in [-0.2, 0) is 4.79 Å². The Kier molecular flexibility index (Phi) is 6.40. The van der Waals surface area contributed by atoms with Crippen molar-refractivity contribution < 1.29 is 4.79 Å². The molecule has 102 valence electrons. The summed E-state index contributed by atoms with van der Waals surface area (Å²) in [5.74, 6) is 0.959. The second-order valence-electron chi connectivity index (χ2n) is 4.46. The first-order chi connectivity index (χ1) is 9.06. The molecule has 0 aliphatic heterocycles. The van der Waals surface area contributed by atoms with E-state index in [1.807, 2.05) is 18.0 Å². The number of rotatable bonds is 6. The first-order valence-electron chi connectivity index (χ1n) is 6.06. The topological polar surface area (TPSA) is 56.1 Å². The number of anilines is 1. The Balaban J connectivity index is 2.48. The van der Waals surface area contributed by atoms with Crippen LogP contribution < -0.4 is 5.32 Å². The third-order valence-electron chi connectivity index (χ3n) is 2.85. The van der Waals surface area contributed by atoms with Gasteiger partial charge in [-0.3, -0.25) is 9.69 Å². The molecule has 0 radical (unpaired) electrons. The number of nitriles is 1. The molecule has 5 heteroatoms. The minimum atomic E-state index is -0.0415. The average molecular weight is 277 g/mol. The van der Waals surface area contributed by atoms with E-state index in [-0.39, 0.29) is 5.91 Å². The number of carbonyl (C=O) groups excluding carboxylic acids is 1. The van der Waals surface area contributed by atoms with Crippen molar-refractivity contribution in [2.75, 3.05) is 30.9 Å². The van der Waals surface area contributed by atoms with Crippen molar-refractivity contribution >= 4 is 23.4 Å². The van der Waals surface area contributed by atoms with Crippen molar-refractivity contribution in [3.05, 3.63) is 29.8 Å². The van der Waals surface area contributed by atoms with Gasteiger partial charge in [0.25, 0.3) is 0 Å². The summed E-state index contributed by atoms with van der Waals surface area (Å²) in [4.78, 5) is 13.9. The Morgan fingerprint density at radius 2 is 2.11 bits per heavy atom. The lowest BCUT2D eigenvalue weighted by molar-refractivity contribution is -0.117. The summed E-state index contributed by atoms with van der Waals surface area (Å²) in [7, 11) is 1.94. The van der Waals surface area contributed by atoms with E-state index < -0.39 is 0 Å². The summed E-state index contributed by atoms with van der Waals surface area (Å²) >= 11 is 1.77. The molecule has 1 aromatic rings. The summed E-state index contributed by atoms with van der Waals surface area (Å²) in [5, 5.41) is 11.5. The highest BCUT2D eigenvalue weighted by Crippen LogP contribution is 2.09. The first-order valence-corrected chi connectivity index (χ1v) is 7.45. The molecule has 1 atom stereocenters. The number of likely N-dealkylation sites (N-methyl/N-ethyl adjacent to an activating group) is 1. The Morgan fingerprint density at radius 3 is 2.63 bits per heavy atom. The maximum Gasteiger partial charge on any atom is 0.238 e. The van der Waals surface area contributed by atoms with Gasteiger partial charge in [-0.1, -0.05) is 0 Å². The molecule has 0 saturated heterocycles. The Hall–Kier alpha value is -1.51. The van der Waals surface area contributed by atoms with Crippen LogP contribution in [-0.4, -0.2) is 42.4 Å². The number of nitrogens with one attached hydrogen (secondary N) is 1. The number of hydrogen-bond acceptors (Lipinski definition) is 4. The lowest BCUT2D eigenvalue weighted by Crippen LogP contribution is -2.37. The highest BCUT2D eigenvalue weighted by molar-refractivity contribution is 7.98. The summed E-state index contributed by atoms with van der Waals surface area (Å²) in [5.41, 5.74) is 1.30. The van der Waals surface area contributed by atoms with E-state index in [0.717, 1.165) is 11.4 Å². The summed E-state index contributed by atoms with van der Waals surface area (Å²) in [6, 6.07) is 9.26. The van der Waals surface area contributed by atoms with Crippen LogP contribution in [0.25, 0.3) is 0 Å². The van der Waals surface area contributed by atoms with Gasteiger partial charge in [-0.15, -0.1) is 0 Å². The largest absolute Gasteiger partial charge is 0.325 e. The summed E-state index contributed by atoms with van der Waals surface area (Å²) in [6.45, 7) is 2.47. The smallest absolute Gasteiger partial charge is 0.238 e. The van der Waals surface area contributed by atoms with Gasteiger partial charge in [-0.2, -0.15) is 17.0 Å². The van der Waals surface area contributed by atoms with Crippen molar-refractivity contribution in [2.24, 2.45) is 0 Å². The van der Waals surface area contributed by atoms with Crippen molar-refractivity contribution in [2.45, 2.75) is 13.0 Å². The van der Waals surface area contributed by atoms with E-state index in [4.69, 9.17) is 5.26 Å². The fourth-order valence-corrected chi connectivity index (χ4v) is 2.32. The molecule has 0 fully saturated rings. The van der Waals surface area contributed by atoms with Gasteiger partial charge in [0.05, 0.1) is 18.2 Å². The second kappa shape index (κ2) is 7.82. The molecule has 1 rings (SSSR count). The monoisotopic (exact) mass is 277 g/mol. The third kappa shape index (κ3) is 5.33. The highest BCUT2D eigenvalue weighted by atomic mass is 32.2. The highest BCUT2D eigenvalue weighted by Gasteiger charge is 2.12. The molecule has 0 aliphatic carbocycles. The zero-order valence-electron chi connectivity index (χ0n) is 11.5. The number of carbonyl (C=O) groups is 1. The van der Waals surface area contributed by atoms with Crippen LogP contribution in [0.1, 0.15) is 12.5 Å². The molecule has 1 aromatic carbocycles. The van der Waals surface area contributed by atoms with Crippen LogP contribution >= 0.6 is 11.8 Å². The predicted octanol–water partition coefficient (Wildman–Crippen LogP) is 2.18. The molecule has 1 unspecified atom stereocenters. The van der Waals surface area contributed by atoms with Crippen LogP contribution in [0.15, 0.2) is 24.3 Å². The third-order valence-corrected chi connectivity index (χ3v) is 3.67. The van der Waals surface area contributed by atoms with Crippen LogP contribution in [0.2, 0.25) is 0 Å². The van der Waals surface area contributed by atoms with Crippen molar-refractivity contribution in [3.8, 4) is 6.07 Å². The van der Waals surface area contributed by atoms with Gasteiger partial charge < -0.3 is 5.32 Å². The number of amides is 1. The lowest BCUT2D eigenvalue weighted by atomic mass is 10.2. The van der Waals surface area contributed by atoms with Gasteiger partial charge in [0.15, 0.2) is 0 Å². The zero-order valence-corrected chi connectivity index (χ0v) is 12.3. The Labute approximate surface area is 118 Å². The minimum absolute atomic E-state index is 0.0415. The molecule has 0 aromatic heterocycles. The molecule has 1 N–H and O–H groups in total. The van der Waals surface area contributed by atoms with E-state index in [2.05, 4.69) is 18.5 Å². The van der Waals surface area contributed by atoms with E-state index in [1.54, 1.807) is 36.0 Å². The molecule has 0 aliphatic rings. The normalized spacial score (nSPS) is 11.9. The standard InChI is InChI=1S/C14H19N3OS/c1-11(10-19-3)17(2)9-14(18)16-13-6-4-12(8-15)5-7-13/h4-7,11H,9-10H2,1-3H3,(H,16,18). The Bertz CT molecular complexity index is 453. The van der Waals surface area contributed by atoms with Crippen LogP contribution in [0.5, 0.6) is 0 Å². The zero-order chi connectivity index (χ0) is 14.3. The quantitative estimate of drug-likeness (QED) is 0.866. The maximum absolute atomic E-state index is 11.9. The van der Waals surface area contributed by atoms with Gasteiger partial charge >= 0.3 is 0 Å². The predicted molar refractivity (Wildman–Crippen MR) is 80.3 cm³/mol. The molecule has 0 bridgehead atoms. The maximum atomic E-state index is 11.9. The van der Waals surface area contributed by atoms with Gasteiger partial charge in [-0.05, 0) is 44.5 Å². The molecule has 0 heterocycles. The minimum Gasteiger partial charge on any atom is -0.325 e. The molecule has 4 nitrogen and oxygen atoms in total. The lowest BCUT2D eigenvalue weighted by Gasteiger charge is -2.23. The summed E-state index contributed by atoms with van der Waals surface area (Å²) in [6.07, 6.45) is 2.06. The van der Waals surface area contributed by atoms with E-state index in [9.17, 15) is 4.79 Å². The number of thioether (sulfide) groups is 1. The molecular formula is C14H19N3OS. The van der Waals surface area contributed by atoms with E-state index in [1.165, 1.54) is 0 Å². The molecule has 1 amide bonds. The fourth-order valence-electron chi connectivity index (χ4n) is 1.58. The van der Waals surface area contributed by atoms with Crippen LogP contribution in [0.4, 0.5) is 5.69 Å². The first kappa shape index (κ1) is 15.5. The van der Waals surface area contributed by atoms with Gasteiger partial charge in [-0.25, -0.2) is 0 Å². The van der Waals surface area contributed by atoms with Crippen molar-refractivity contribution in [3.63, 3.8) is 0 Å². The average Bonchev–Trinajstić information content (AvgIpc) is 2.39. The van der Waals surface area contributed by atoms with E-state index >= 15 is 0 Å².